The molecule has 4 rings (SSSR count). The fraction of sp³-hybridized carbons (Fsp3) is 0.650. The van der Waals surface area contributed by atoms with E-state index in [0.29, 0.717) is 25.7 Å². The van der Waals surface area contributed by atoms with Gasteiger partial charge in [0.15, 0.2) is 11.6 Å². The average molecular weight is 418 g/mol. The lowest BCUT2D eigenvalue weighted by Crippen LogP contribution is -2.41. The van der Waals surface area contributed by atoms with Gasteiger partial charge in [-0.1, -0.05) is 36.0 Å². The Labute approximate surface area is 167 Å². The van der Waals surface area contributed by atoms with Crippen molar-refractivity contribution in [2.45, 2.75) is 69.5 Å². The molecule has 3 nitrogen and oxygen atoms in total. The van der Waals surface area contributed by atoms with Crippen LogP contribution in [0.5, 0.6) is 5.75 Å². The molecule has 3 aliphatic carbocycles. The van der Waals surface area contributed by atoms with E-state index in [1.165, 1.54) is 6.07 Å². The highest BCUT2D eigenvalue weighted by Gasteiger charge is 2.59. The molecule has 0 aliphatic heterocycles. The van der Waals surface area contributed by atoms with E-state index < -0.39 is 28.7 Å². The molecular formula is C20H23Cl2F2NO2. The van der Waals surface area contributed by atoms with Crippen LogP contribution in [0.4, 0.5) is 8.78 Å². The monoisotopic (exact) mass is 417 g/mol. The lowest BCUT2D eigenvalue weighted by molar-refractivity contribution is -0.126. The van der Waals surface area contributed by atoms with Gasteiger partial charge in [0.25, 0.3) is 0 Å². The van der Waals surface area contributed by atoms with E-state index in [-0.39, 0.29) is 33.9 Å². The second kappa shape index (κ2) is 6.77. The van der Waals surface area contributed by atoms with E-state index in [9.17, 15) is 18.7 Å². The first-order valence-corrected chi connectivity index (χ1v) is 10.4. The third-order valence-corrected chi connectivity index (χ3v) is 7.69. The fourth-order valence-corrected chi connectivity index (χ4v) is 5.74. The number of halogens is 4. The molecule has 3 aliphatic rings. The number of rotatable bonds is 4. The molecule has 1 atom stereocenters. The Hall–Kier alpha value is -1.07. The van der Waals surface area contributed by atoms with Crippen molar-refractivity contribution in [1.82, 2.24) is 5.32 Å². The Morgan fingerprint density at radius 3 is 2.41 bits per heavy atom. The highest BCUT2D eigenvalue weighted by atomic mass is 35.5. The lowest BCUT2D eigenvalue weighted by atomic mass is 9.74. The molecule has 3 saturated carbocycles. The molecule has 0 saturated heterocycles. The van der Waals surface area contributed by atoms with Gasteiger partial charge in [-0.2, -0.15) is 0 Å². The van der Waals surface area contributed by atoms with Gasteiger partial charge in [0, 0.05) is 11.5 Å². The van der Waals surface area contributed by atoms with Crippen LogP contribution >= 0.6 is 23.2 Å². The molecule has 1 aromatic rings. The van der Waals surface area contributed by atoms with Gasteiger partial charge in [0.05, 0.1) is 11.1 Å². The summed E-state index contributed by atoms with van der Waals surface area (Å²) in [6.07, 6.45) is 5.89. The number of amides is 1. The van der Waals surface area contributed by atoms with Crippen molar-refractivity contribution >= 4 is 29.1 Å². The van der Waals surface area contributed by atoms with Gasteiger partial charge < -0.3 is 10.4 Å². The predicted molar refractivity (Wildman–Crippen MR) is 100 cm³/mol. The van der Waals surface area contributed by atoms with Gasteiger partial charge in [-0.05, 0) is 56.4 Å². The largest absolute Gasteiger partial charge is 0.504 e. The molecule has 3 fully saturated rings. The minimum absolute atomic E-state index is 0.0181. The zero-order chi connectivity index (χ0) is 19.4. The highest BCUT2D eigenvalue weighted by Crippen LogP contribution is 2.64. The van der Waals surface area contributed by atoms with Crippen LogP contribution < -0.4 is 5.32 Å². The van der Waals surface area contributed by atoms with Crippen LogP contribution in [0.25, 0.3) is 0 Å². The van der Waals surface area contributed by atoms with Gasteiger partial charge in [-0.15, -0.1) is 0 Å². The minimum Gasteiger partial charge on any atom is -0.504 e. The Bertz CT molecular complexity index is 772. The first kappa shape index (κ1) is 19.3. The third-order valence-electron chi connectivity index (χ3n) is 6.91. The van der Waals surface area contributed by atoms with Crippen LogP contribution in [0, 0.1) is 17.2 Å². The zero-order valence-electron chi connectivity index (χ0n) is 15.0. The van der Waals surface area contributed by atoms with Gasteiger partial charge in [0.2, 0.25) is 5.91 Å². The summed E-state index contributed by atoms with van der Waals surface area (Å²) in [5.41, 5.74) is -1.71. The van der Waals surface area contributed by atoms with Crippen molar-refractivity contribution in [3.05, 3.63) is 27.5 Å². The molecule has 0 unspecified atom stereocenters. The number of benzene rings is 1. The molecule has 0 heterocycles. The lowest BCUT2D eigenvalue weighted by Gasteiger charge is -2.37. The summed E-state index contributed by atoms with van der Waals surface area (Å²) in [7, 11) is 0. The van der Waals surface area contributed by atoms with E-state index in [1.54, 1.807) is 0 Å². The molecule has 0 spiro atoms. The van der Waals surface area contributed by atoms with Crippen molar-refractivity contribution < 1.29 is 18.7 Å². The normalized spacial score (nSPS) is 31.4. The molecule has 0 aromatic heterocycles. The van der Waals surface area contributed by atoms with Crippen molar-refractivity contribution in [3.8, 4) is 5.75 Å². The number of phenolic OH excluding ortho intramolecular Hbond substituents is 1. The number of aromatic hydroxyl groups is 1. The van der Waals surface area contributed by atoms with E-state index in [4.69, 9.17) is 23.2 Å². The SMILES string of the molecule is O=C(N[C@H](c1cc(Cl)c(Cl)c(O)c1F)C12CCC(F)(CC1)C2)C1CCCC1. The van der Waals surface area contributed by atoms with E-state index in [2.05, 4.69) is 5.32 Å². The summed E-state index contributed by atoms with van der Waals surface area (Å²) >= 11 is 11.9. The second-order valence-electron chi connectivity index (χ2n) is 8.54. The Morgan fingerprint density at radius 1 is 1.22 bits per heavy atom. The number of alkyl halides is 1. The number of carbonyl (C=O) groups excluding carboxylic acids is 1. The summed E-state index contributed by atoms with van der Waals surface area (Å²) in [5.74, 6) is -1.83. The van der Waals surface area contributed by atoms with E-state index in [1.807, 2.05) is 0 Å². The van der Waals surface area contributed by atoms with Crippen LogP contribution in [0.3, 0.4) is 0 Å². The molecule has 1 aromatic carbocycles. The molecule has 7 heteroatoms. The summed E-state index contributed by atoms with van der Waals surface area (Å²) in [4.78, 5) is 12.8. The Kier molecular flexibility index (Phi) is 4.83. The van der Waals surface area contributed by atoms with Gasteiger partial charge in [0.1, 0.15) is 10.7 Å². The van der Waals surface area contributed by atoms with E-state index in [0.717, 1.165) is 25.7 Å². The molecular weight excluding hydrogens is 395 g/mol. The maximum absolute atomic E-state index is 15.0. The summed E-state index contributed by atoms with van der Waals surface area (Å²) in [6.45, 7) is 0. The number of hydrogen-bond donors (Lipinski definition) is 2. The first-order valence-electron chi connectivity index (χ1n) is 9.60. The molecule has 2 bridgehead atoms. The molecule has 1 amide bonds. The van der Waals surface area contributed by atoms with Crippen molar-refractivity contribution in [2.75, 3.05) is 0 Å². The van der Waals surface area contributed by atoms with Crippen LogP contribution in [0.2, 0.25) is 10.0 Å². The van der Waals surface area contributed by atoms with Crippen LogP contribution in [0.15, 0.2) is 6.07 Å². The van der Waals surface area contributed by atoms with Crippen LogP contribution in [-0.2, 0) is 4.79 Å². The molecule has 0 radical (unpaired) electrons. The minimum atomic E-state index is -1.24. The quantitative estimate of drug-likeness (QED) is 0.602. The smallest absolute Gasteiger partial charge is 0.223 e. The number of phenols is 1. The fourth-order valence-electron chi connectivity index (χ4n) is 5.40. The number of fused-ring (bicyclic) bond motifs is 2. The standard InChI is InChI=1S/C20H23Cl2F2NO2/c21-13-9-12(15(23)16(26)14(13)22)17(25-18(27)11-3-1-2-4-11)19-5-7-20(24,10-19)8-6-19/h9,11,17,26H,1-8,10H2,(H,25,27)/t17-,19?,20?/m1/s1. The average Bonchev–Trinajstić information content (AvgIpc) is 3.36. The summed E-state index contributed by atoms with van der Waals surface area (Å²) in [6, 6.07) is 0.635. The van der Waals surface area contributed by atoms with Gasteiger partial charge in [-0.25, -0.2) is 8.78 Å². The van der Waals surface area contributed by atoms with Gasteiger partial charge >= 0.3 is 0 Å². The van der Waals surface area contributed by atoms with Gasteiger partial charge in [-0.3, -0.25) is 4.79 Å². The topological polar surface area (TPSA) is 49.3 Å². The van der Waals surface area contributed by atoms with Crippen molar-refractivity contribution in [1.29, 1.82) is 0 Å². The van der Waals surface area contributed by atoms with Crippen LogP contribution in [-0.4, -0.2) is 16.7 Å². The maximum Gasteiger partial charge on any atom is 0.223 e. The molecule has 27 heavy (non-hydrogen) atoms. The zero-order valence-corrected chi connectivity index (χ0v) is 16.5. The maximum atomic E-state index is 15.0. The number of nitrogens with one attached hydrogen (secondary N) is 1. The summed E-state index contributed by atoms with van der Waals surface area (Å²) in [5, 5.41) is 12.8. The highest BCUT2D eigenvalue weighted by molar-refractivity contribution is 6.43. The summed E-state index contributed by atoms with van der Waals surface area (Å²) < 4.78 is 29.8. The number of carbonyl (C=O) groups is 1. The molecule has 2 N–H and O–H groups in total. The van der Waals surface area contributed by atoms with Crippen molar-refractivity contribution in [3.63, 3.8) is 0 Å². The number of hydrogen-bond acceptors (Lipinski definition) is 2. The van der Waals surface area contributed by atoms with Crippen molar-refractivity contribution in [2.24, 2.45) is 11.3 Å². The first-order chi connectivity index (χ1) is 12.7. The second-order valence-corrected chi connectivity index (χ2v) is 9.32. The third kappa shape index (κ3) is 3.21. The molecule has 148 valence electrons. The predicted octanol–water partition coefficient (Wildman–Crippen LogP) is 5.86. The van der Waals surface area contributed by atoms with Crippen LogP contribution in [0.1, 0.15) is 69.4 Å². The Morgan fingerprint density at radius 2 is 1.85 bits per heavy atom. The Balaban J connectivity index is 1.74. The van der Waals surface area contributed by atoms with E-state index >= 15 is 0 Å².